The molecule has 0 unspecified atom stereocenters. The van der Waals surface area contributed by atoms with Crippen molar-refractivity contribution in [3.8, 4) is 5.75 Å². The number of carbonyl (C=O) groups is 2. The Morgan fingerprint density at radius 1 is 1.12 bits per heavy atom. The smallest absolute Gasteiger partial charge is 0.243 e. The maximum absolute atomic E-state index is 12.7. The molecule has 0 aliphatic carbocycles. The number of rotatable bonds is 10. The van der Waals surface area contributed by atoms with Gasteiger partial charge in [0.2, 0.25) is 11.8 Å². The topological polar surface area (TPSA) is 58.6 Å². The maximum atomic E-state index is 12.7. The van der Waals surface area contributed by atoms with Gasteiger partial charge in [-0.25, -0.2) is 0 Å². The van der Waals surface area contributed by atoms with Gasteiger partial charge < -0.3 is 15.0 Å². The van der Waals surface area contributed by atoms with E-state index in [2.05, 4.69) is 5.32 Å². The van der Waals surface area contributed by atoms with Crippen LogP contribution in [0.1, 0.15) is 58.9 Å². The molecule has 140 valence electrons. The molecular weight excluding hydrogens is 316 g/mol. The van der Waals surface area contributed by atoms with E-state index in [4.69, 9.17) is 4.74 Å². The second-order valence-electron chi connectivity index (χ2n) is 6.36. The van der Waals surface area contributed by atoms with Gasteiger partial charge in [0, 0.05) is 19.0 Å². The lowest BCUT2D eigenvalue weighted by atomic mass is 10.1. The third-order valence-corrected chi connectivity index (χ3v) is 4.36. The van der Waals surface area contributed by atoms with Crippen molar-refractivity contribution in [2.24, 2.45) is 0 Å². The SMILES string of the molecule is CCCC(=O)N(Cc1ccc(OC)cc1)[C@@H](CC)C(=O)N[C@@H](C)CC. The van der Waals surface area contributed by atoms with E-state index in [1.165, 1.54) is 0 Å². The number of nitrogens with one attached hydrogen (secondary N) is 1. The van der Waals surface area contributed by atoms with Gasteiger partial charge in [-0.3, -0.25) is 9.59 Å². The number of ether oxygens (including phenoxy) is 1. The Balaban J connectivity index is 2.99. The molecule has 1 N–H and O–H groups in total. The van der Waals surface area contributed by atoms with Crippen LogP contribution in [0, 0.1) is 0 Å². The van der Waals surface area contributed by atoms with Crippen LogP contribution >= 0.6 is 0 Å². The summed E-state index contributed by atoms with van der Waals surface area (Å²) in [6, 6.07) is 7.27. The van der Waals surface area contributed by atoms with Crippen molar-refractivity contribution in [2.45, 2.75) is 72.0 Å². The van der Waals surface area contributed by atoms with Crippen LogP contribution in [0.5, 0.6) is 5.75 Å². The lowest BCUT2D eigenvalue weighted by molar-refractivity contribution is -0.141. The fraction of sp³-hybridized carbons (Fsp3) is 0.600. The van der Waals surface area contributed by atoms with Crippen LogP contribution in [0.4, 0.5) is 0 Å². The molecule has 0 spiro atoms. The summed E-state index contributed by atoms with van der Waals surface area (Å²) in [5, 5.41) is 3.01. The standard InChI is InChI=1S/C20H32N2O3/c1-6-9-19(23)22(14-16-10-12-17(25-5)13-11-16)18(8-3)20(24)21-15(4)7-2/h10-13,15,18H,6-9,14H2,1-5H3,(H,21,24)/t15-,18-/m0/s1. The Bertz CT molecular complexity index is 542. The van der Waals surface area contributed by atoms with Crippen molar-refractivity contribution in [3.63, 3.8) is 0 Å². The zero-order chi connectivity index (χ0) is 18.8. The fourth-order valence-electron chi connectivity index (χ4n) is 2.65. The molecule has 1 aromatic carbocycles. The Kier molecular flexibility index (Phi) is 9.03. The van der Waals surface area contributed by atoms with Crippen molar-refractivity contribution in [1.29, 1.82) is 0 Å². The average Bonchev–Trinajstić information content (AvgIpc) is 2.62. The van der Waals surface area contributed by atoms with Crippen molar-refractivity contribution >= 4 is 11.8 Å². The van der Waals surface area contributed by atoms with E-state index < -0.39 is 6.04 Å². The van der Waals surface area contributed by atoms with E-state index in [1.807, 2.05) is 52.0 Å². The van der Waals surface area contributed by atoms with E-state index in [9.17, 15) is 9.59 Å². The van der Waals surface area contributed by atoms with Crippen molar-refractivity contribution < 1.29 is 14.3 Å². The summed E-state index contributed by atoms with van der Waals surface area (Å²) in [7, 11) is 1.62. The molecule has 0 aliphatic heterocycles. The molecule has 0 fully saturated rings. The minimum atomic E-state index is -0.449. The number of benzene rings is 1. The summed E-state index contributed by atoms with van der Waals surface area (Å²) in [6.45, 7) is 8.36. The summed E-state index contributed by atoms with van der Waals surface area (Å²) in [5.41, 5.74) is 0.986. The fourth-order valence-corrected chi connectivity index (χ4v) is 2.65. The van der Waals surface area contributed by atoms with Gasteiger partial charge >= 0.3 is 0 Å². The number of hydrogen-bond acceptors (Lipinski definition) is 3. The monoisotopic (exact) mass is 348 g/mol. The number of carbonyl (C=O) groups excluding carboxylic acids is 2. The van der Waals surface area contributed by atoms with Crippen molar-refractivity contribution in [1.82, 2.24) is 10.2 Å². The van der Waals surface area contributed by atoms with Gasteiger partial charge in [-0.15, -0.1) is 0 Å². The molecule has 2 amide bonds. The number of methoxy groups -OCH3 is 1. The van der Waals surface area contributed by atoms with Crippen LogP contribution in [0.2, 0.25) is 0 Å². The predicted molar refractivity (Wildman–Crippen MR) is 100 cm³/mol. The number of nitrogens with zero attached hydrogens (tertiary/aromatic N) is 1. The summed E-state index contributed by atoms with van der Waals surface area (Å²) in [5.74, 6) is 0.719. The summed E-state index contributed by atoms with van der Waals surface area (Å²) >= 11 is 0. The highest BCUT2D eigenvalue weighted by molar-refractivity contribution is 5.87. The normalized spacial score (nSPS) is 13.0. The minimum Gasteiger partial charge on any atom is -0.497 e. The van der Waals surface area contributed by atoms with Crippen molar-refractivity contribution in [3.05, 3.63) is 29.8 Å². The maximum Gasteiger partial charge on any atom is 0.243 e. The molecular formula is C20H32N2O3. The van der Waals surface area contributed by atoms with E-state index in [1.54, 1.807) is 12.0 Å². The van der Waals surface area contributed by atoms with Gasteiger partial charge in [0.05, 0.1) is 7.11 Å². The van der Waals surface area contributed by atoms with Gasteiger partial charge in [0.25, 0.3) is 0 Å². The highest BCUT2D eigenvalue weighted by atomic mass is 16.5. The molecule has 5 heteroatoms. The Hall–Kier alpha value is -2.04. The van der Waals surface area contributed by atoms with Crippen LogP contribution in [0.15, 0.2) is 24.3 Å². The second-order valence-corrected chi connectivity index (χ2v) is 6.36. The van der Waals surface area contributed by atoms with Crippen LogP contribution < -0.4 is 10.1 Å². The highest BCUT2D eigenvalue weighted by Crippen LogP contribution is 2.17. The molecule has 5 nitrogen and oxygen atoms in total. The number of amides is 2. The van der Waals surface area contributed by atoms with Gasteiger partial charge in [-0.2, -0.15) is 0 Å². The van der Waals surface area contributed by atoms with Gasteiger partial charge in [0.1, 0.15) is 11.8 Å². The quantitative estimate of drug-likeness (QED) is 0.704. The molecule has 0 saturated carbocycles. The molecule has 1 rings (SSSR count). The third-order valence-electron chi connectivity index (χ3n) is 4.36. The lowest BCUT2D eigenvalue weighted by Gasteiger charge is -2.31. The largest absolute Gasteiger partial charge is 0.497 e. The number of hydrogen-bond donors (Lipinski definition) is 1. The lowest BCUT2D eigenvalue weighted by Crippen LogP contribution is -2.50. The molecule has 25 heavy (non-hydrogen) atoms. The van der Waals surface area contributed by atoms with Crippen LogP contribution in [-0.2, 0) is 16.1 Å². The zero-order valence-electron chi connectivity index (χ0n) is 16.2. The van der Waals surface area contributed by atoms with Gasteiger partial charge in [-0.05, 0) is 43.9 Å². The Morgan fingerprint density at radius 2 is 1.76 bits per heavy atom. The molecule has 0 aromatic heterocycles. The molecule has 0 heterocycles. The molecule has 1 aromatic rings. The summed E-state index contributed by atoms with van der Waals surface area (Å²) in [6.07, 6.45) is 2.67. The first-order valence-electron chi connectivity index (χ1n) is 9.19. The molecule has 0 radical (unpaired) electrons. The van der Waals surface area contributed by atoms with Crippen LogP contribution in [0.25, 0.3) is 0 Å². The molecule has 0 bridgehead atoms. The molecule has 0 aliphatic rings. The van der Waals surface area contributed by atoms with Crippen LogP contribution in [0.3, 0.4) is 0 Å². The summed E-state index contributed by atoms with van der Waals surface area (Å²) < 4.78 is 5.18. The minimum absolute atomic E-state index is 0.0180. The first-order valence-corrected chi connectivity index (χ1v) is 9.19. The average molecular weight is 348 g/mol. The van der Waals surface area contributed by atoms with Gasteiger partial charge in [-0.1, -0.05) is 32.9 Å². The Labute approximate surface area is 151 Å². The van der Waals surface area contributed by atoms with E-state index >= 15 is 0 Å². The van der Waals surface area contributed by atoms with E-state index in [-0.39, 0.29) is 17.9 Å². The first kappa shape index (κ1) is 21.0. The van der Waals surface area contributed by atoms with Gasteiger partial charge in [0.15, 0.2) is 0 Å². The van der Waals surface area contributed by atoms with Crippen LogP contribution in [-0.4, -0.2) is 35.9 Å². The highest BCUT2D eigenvalue weighted by Gasteiger charge is 2.28. The predicted octanol–water partition coefficient (Wildman–Crippen LogP) is 3.52. The third kappa shape index (κ3) is 6.40. The van der Waals surface area contributed by atoms with Crippen molar-refractivity contribution in [2.75, 3.05) is 7.11 Å². The second kappa shape index (κ2) is 10.7. The van der Waals surface area contributed by atoms with E-state index in [0.717, 1.165) is 24.2 Å². The van der Waals surface area contributed by atoms with E-state index in [0.29, 0.717) is 19.4 Å². The first-order chi connectivity index (χ1) is 12.0. The Morgan fingerprint density at radius 3 is 2.24 bits per heavy atom. The molecule has 2 atom stereocenters. The molecule has 0 saturated heterocycles. The zero-order valence-corrected chi connectivity index (χ0v) is 16.2. The summed E-state index contributed by atoms with van der Waals surface area (Å²) in [4.78, 5) is 27.0.